The summed E-state index contributed by atoms with van der Waals surface area (Å²) in [5.74, 6) is -0.298. The Labute approximate surface area is 90.7 Å². The Bertz CT molecular complexity index is 491. The molecule has 1 aromatic rings. The van der Waals surface area contributed by atoms with Crippen LogP contribution in [-0.4, -0.2) is 10.8 Å². The highest BCUT2D eigenvalue weighted by molar-refractivity contribution is 5.99. The zero-order valence-electron chi connectivity index (χ0n) is 8.33. The van der Waals surface area contributed by atoms with Crippen molar-refractivity contribution in [3.05, 3.63) is 28.6 Å². The molecule has 0 bridgehead atoms. The molecule has 2 rings (SSSR count). The van der Waals surface area contributed by atoms with Crippen LogP contribution in [0.4, 0.5) is 8.78 Å². The van der Waals surface area contributed by atoms with Crippen molar-refractivity contribution in [3.63, 3.8) is 0 Å². The molecule has 0 saturated heterocycles. The van der Waals surface area contributed by atoms with Gasteiger partial charge in [0.05, 0.1) is 5.69 Å². The minimum Gasteiger partial charge on any atom is -0.294 e. The molecule has 0 fully saturated rings. The van der Waals surface area contributed by atoms with Gasteiger partial charge < -0.3 is 0 Å². The maximum absolute atomic E-state index is 12.8. The zero-order chi connectivity index (χ0) is 11.7. The molecular formula is C11H8F2N2O. The van der Waals surface area contributed by atoms with E-state index in [9.17, 15) is 13.6 Å². The number of ketones is 1. The summed E-state index contributed by atoms with van der Waals surface area (Å²) in [6.45, 7) is 0. The predicted molar refractivity (Wildman–Crippen MR) is 51.2 cm³/mol. The number of nitrogens with zero attached hydrogens (tertiary/aromatic N) is 2. The number of halogens is 2. The number of Topliss-reactive ketones (excluding diaryl/α,β-unsaturated/α-hetero) is 1. The third-order valence-electron chi connectivity index (χ3n) is 2.57. The molecule has 0 aromatic carbocycles. The molecule has 0 spiro atoms. The molecular weight excluding hydrogens is 214 g/mol. The number of carbonyl (C=O) groups is 1. The second-order valence-electron chi connectivity index (χ2n) is 3.61. The molecule has 1 aliphatic carbocycles. The summed E-state index contributed by atoms with van der Waals surface area (Å²) < 4.78 is 25.5. The van der Waals surface area contributed by atoms with Crippen LogP contribution in [0.5, 0.6) is 0 Å². The largest absolute Gasteiger partial charge is 0.294 e. The summed E-state index contributed by atoms with van der Waals surface area (Å²) in [6, 6.07) is 2.74. The fourth-order valence-electron chi connectivity index (χ4n) is 1.89. The molecule has 0 amide bonds. The number of hydrogen-bond donors (Lipinski definition) is 0. The number of carbonyl (C=O) groups excluding carboxylic acids is 1. The number of alkyl halides is 2. The Morgan fingerprint density at radius 2 is 2.19 bits per heavy atom. The minimum absolute atomic E-state index is 0.0280. The Morgan fingerprint density at radius 1 is 1.44 bits per heavy atom. The fourth-order valence-corrected chi connectivity index (χ4v) is 1.89. The lowest BCUT2D eigenvalue weighted by atomic mass is 9.90. The van der Waals surface area contributed by atoms with Crippen molar-refractivity contribution >= 4 is 5.78 Å². The van der Waals surface area contributed by atoms with Gasteiger partial charge in [0.25, 0.3) is 6.43 Å². The van der Waals surface area contributed by atoms with Crippen LogP contribution in [0.15, 0.2) is 6.07 Å². The maximum atomic E-state index is 12.8. The van der Waals surface area contributed by atoms with Gasteiger partial charge in [-0.2, -0.15) is 5.26 Å². The highest BCUT2D eigenvalue weighted by Gasteiger charge is 2.26. The molecule has 0 atom stereocenters. The second kappa shape index (κ2) is 3.97. The van der Waals surface area contributed by atoms with E-state index in [-0.39, 0.29) is 29.0 Å². The number of pyridine rings is 1. The van der Waals surface area contributed by atoms with Crippen molar-refractivity contribution in [2.75, 3.05) is 0 Å². The van der Waals surface area contributed by atoms with Gasteiger partial charge in [0.1, 0.15) is 11.8 Å². The molecule has 1 aromatic heterocycles. The van der Waals surface area contributed by atoms with Crippen LogP contribution in [0.2, 0.25) is 0 Å². The van der Waals surface area contributed by atoms with Crippen molar-refractivity contribution < 1.29 is 13.6 Å². The monoisotopic (exact) mass is 222 g/mol. The van der Waals surface area contributed by atoms with Gasteiger partial charge >= 0.3 is 0 Å². The van der Waals surface area contributed by atoms with E-state index in [0.29, 0.717) is 18.5 Å². The summed E-state index contributed by atoms with van der Waals surface area (Å²) in [5.41, 5.74) is -0.0409. The van der Waals surface area contributed by atoms with E-state index in [1.165, 1.54) is 0 Å². The Balaban J connectivity index is 2.67. The molecule has 0 radical (unpaired) electrons. The molecule has 0 aliphatic heterocycles. The number of hydrogen-bond acceptors (Lipinski definition) is 3. The van der Waals surface area contributed by atoms with E-state index in [1.807, 2.05) is 0 Å². The predicted octanol–water partition coefficient (Wildman–Crippen LogP) is 2.41. The highest BCUT2D eigenvalue weighted by Crippen LogP contribution is 2.30. The summed E-state index contributed by atoms with van der Waals surface area (Å²) in [4.78, 5) is 15.5. The van der Waals surface area contributed by atoms with Gasteiger partial charge in [0.15, 0.2) is 5.78 Å². The molecule has 1 heterocycles. The van der Waals surface area contributed by atoms with E-state index in [2.05, 4.69) is 4.98 Å². The molecule has 0 N–H and O–H groups in total. The van der Waals surface area contributed by atoms with Gasteiger partial charge in [0.2, 0.25) is 0 Å². The van der Waals surface area contributed by atoms with Crippen molar-refractivity contribution in [3.8, 4) is 6.07 Å². The lowest BCUT2D eigenvalue weighted by Gasteiger charge is -2.17. The number of aromatic nitrogens is 1. The van der Waals surface area contributed by atoms with Gasteiger partial charge in [-0.15, -0.1) is 0 Å². The van der Waals surface area contributed by atoms with Gasteiger partial charge in [0, 0.05) is 17.5 Å². The number of aryl methyl sites for hydroxylation is 1. The molecule has 0 unspecified atom stereocenters. The molecule has 82 valence electrons. The first kappa shape index (κ1) is 10.7. The number of nitriles is 1. The van der Waals surface area contributed by atoms with Gasteiger partial charge in [-0.25, -0.2) is 13.8 Å². The van der Waals surface area contributed by atoms with Crippen LogP contribution < -0.4 is 0 Å². The quantitative estimate of drug-likeness (QED) is 0.733. The summed E-state index contributed by atoms with van der Waals surface area (Å²) >= 11 is 0. The van der Waals surface area contributed by atoms with Crippen LogP contribution >= 0.6 is 0 Å². The third kappa shape index (κ3) is 1.67. The van der Waals surface area contributed by atoms with Crippen LogP contribution in [0, 0.1) is 11.3 Å². The summed E-state index contributed by atoms with van der Waals surface area (Å²) in [6.07, 6.45) is -1.38. The molecule has 5 heteroatoms. The summed E-state index contributed by atoms with van der Waals surface area (Å²) in [5, 5.41) is 8.67. The first-order valence-corrected chi connectivity index (χ1v) is 4.88. The summed E-state index contributed by atoms with van der Waals surface area (Å²) in [7, 11) is 0. The van der Waals surface area contributed by atoms with E-state index < -0.39 is 6.43 Å². The van der Waals surface area contributed by atoms with Crippen LogP contribution in [0.3, 0.4) is 0 Å². The Kier molecular flexibility index (Phi) is 2.65. The van der Waals surface area contributed by atoms with E-state index in [1.54, 1.807) is 6.07 Å². The first-order valence-electron chi connectivity index (χ1n) is 4.88. The molecule has 0 saturated carbocycles. The first-order chi connectivity index (χ1) is 7.63. The van der Waals surface area contributed by atoms with Crippen molar-refractivity contribution in [2.45, 2.75) is 25.7 Å². The topological polar surface area (TPSA) is 53.8 Å². The minimum atomic E-state index is -2.74. The zero-order valence-corrected chi connectivity index (χ0v) is 8.33. The normalized spacial score (nSPS) is 14.8. The second-order valence-corrected chi connectivity index (χ2v) is 3.61. The lowest BCUT2D eigenvalue weighted by Crippen LogP contribution is -2.16. The van der Waals surface area contributed by atoms with E-state index in [4.69, 9.17) is 5.26 Å². The standard InChI is InChI=1S/C11H8F2N2O/c12-11(13)7-4-6(5-14)15-8-2-1-3-9(16)10(7)8/h4,11H,1-3H2. The maximum Gasteiger partial charge on any atom is 0.264 e. The van der Waals surface area contributed by atoms with E-state index in [0.717, 1.165) is 6.07 Å². The van der Waals surface area contributed by atoms with E-state index >= 15 is 0 Å². The van der Waals surface area contributed by atoms with Crippen molar-refractivity contribution in [2.24, 2.45) is 0 Å². The van der Waals surface area contributed by atoms with Crippen molar-refractivity contribution in [1.29, 1.82) is 5.26 Å². The molecule has 1 aliphatic rings. The SMILES string of the molecule is N#Cc1cc(C(F)F)c2c(n1)CCCC2=O. The number of rotatable bonds is 1. The fraction of sp³-hybridized carbons (Fsp3) is 0.364. The highest BCUT2D eigenvalue weighted by atomic mass is 19.3. The molecule has 16 heavy (non-hydrogen) atoms. The molecule has 3 nitrogen and oxygen atoms in total. The van der Waals surface area contributed by atoms with Crippen LogP contribution in [0.25, 0.3) is 0 Å². The van der Waals surface area contributed by atoms with Gasteiger partial charge in [-0.05, 0) is 18.9 Å². The average molecular weight is 222 g/mol. The van der Waals surface area contributed by atoms with Crippen molar-refractivity contribution in [1.82, 2.24) is 4.98 Å². The van der Waals surface area contributed by atoms with Gasteiger partial charge in [-0.3, -0.25) is 4.79 Å². The third-order valence-corrected chi connectivity index (χ3v) is 2.57. The Morgan fingerprint density at radius 3 is 2.81 bits per heavy atom. The Hall–Kier alpha value is -1.83. The van der Waals surface area contributed by atoms with Gasteiger partial charge in [-0.1, -0.05) is 0 Å². The van der Waals surface area contributed by atoms with Crippen LogP contribution in [0.1, 0.15) is 46.6 Å². The smallest absolute Gasteiger partial charge is 0.264 e. The average Bonchev–Trinajstić information content (AvgIpc) is 2.27. The lowest BCUT2D eigenvalue weighted by molar-refractivity contribution is 0.0956. The van der Waals surface area contributed by atoms with Crippen LogP contribution in [-0.2, 0) is 6.42 Å². The number of fused-ring (bicyclic) bond motifs is 1.